The minimum atomic E-state index is 0.0655. The predicted octanol–water partition coefficient (Wildman–Crippen LogP) is 1.78. The Morgan fingerprint density at radius 2 is 2.38 bits per heavy atom. The lowest BCUT2D eigenvalue weighted by Gasteiger charge is -2.04. The molecular formula is C11H13N3OS. The van der Waals surface area contributed by atoms with Crippen molar-refractivity contribution in [1.82, 2.24) is 9.55 Å². The number of anilines is 1. The normalized spacial score (nSPS) is 10.3. The molecule has 1 N–H and O–H groups in total. The van der Waals surface area contributed by atoms with E-state index in [0.717, 1.165) is 17.9 Å². The lowest BCUT2D eigenvalue weighted by Crippen LogP contribution is -2.12. The molecule has 0 atom stereocenters. The summed E-state index contributed by atoms with van der Waals surface area (Å²) < 4.78 is 1.68. The lowest BCUT2D eigenvalue weighted by atomic mass is 10.3. The summed E-state index contributed by atoms with van der Waals surface area (Å²) in [5.41, 5.74) is 1.03. The second kappa shape index (κ2) is 4.94. The Hall–Kier alpha value is -1.62. The molecular weight excluding hydrogens is 222 g/mol. The zero-order valence-corrected chi connectivity index (χ0v) is 9.83. The molecule has 16 heavy (non-hydrogen) atoms. The summed E-state index contributed by atoms with van der Waals surface area (Å²) in [6.07, 6.45) is 3.59. The largest absolute Gasteiger partial charge is 0.370 e. The molecule has 0 radical (unpaired) electrons. The first-order valence-electron chi connectivity index (χ1n) is 5.12. The van der Waals surface area contributed by atoms with Gasteiger partial charge in [0.1, 0.15) is 5.82 Å². The zero-order chi connectivity index (χ0) is 11.4. The molecule has 0 aliphatic rings. The number of hydrogen-bond acceptors (Lipinski definition) is 4. The first-order chi connectivity index (χ1) is 7.79. The van der Waals surface area contributed by atoms with E-state index in [1.54, 1.807) is 22.3 Å². The van der Waals surface area contributed by atoms with E-state index < -0.39 is 0 Å². The first kappa shape index (κ1) is 10.9. The van der Waals surface area contributed by atoms with Gasteiger partial charge in [-0.05, 0) is 18.6 Å². The standard InChI is InChI=1S/C11H13N3OS/c1-2-12-10-4-3-9(7-13-10)8-14-5-6-16-11(14)15/h3-7H,2,8H2,1H3,(H,12,13). The Morgan fingerprint density at radius 1 is 1.50 bits per heavy atom. The molecule has 84 valence electrons. The number of hydrogen-bond donors (Lipinski definition) is 1. The van der Waals surface area contributed by atoms with Gasteiger partial charge >= 0.3 is 4.87 Å². The van der Waals surface area contributed by atoms with Crippen molar-refractivity contribution in [2.45, 2.75) is 13.5 Å². The SMILES string of the molecule is CCNc1ccc(Cn2ccsc2=O)cn1. The Morgan fingerprint density at radius 3 is 2.94 bits per heavy atom. The van der Waals surface area contributed by atoms with Gasteiger partial charge in [-0.3, -0.25) is 4.79 Å². The van der Waals surface area contributed by atoms with E-state index in [-0.39, 0.29) is 4.87 Å². The Bertz CT molecular complexity index is 500. The number of nitrogens with zero attached hydrogens (tertiary/aromatic N) is 2. The number of pyridine rings is 1. The van der Waals surface area contributed by atoms with Gasteiger partial charge in [0.05, 0.1) is 6.54 Å². The van der Waals surface area contributed by atoms with Crippen molar-refractivity contribution in [1.29, 1.82) is 0 Å². The minimum absolute atomic E-state index is 0.0655. The van der Waals surface area contributed by atoms with Gasteiger partial charge in [0.2, 0.25) is 0 Å². The molecule has 0 bridgehead atoms. The Balaban J connectivity index is 2.11. The summed E-state index contributed by atoms with van der Waals surface area (Å²) in [5.74, 6) is 0.865. The van der Waals surface area contributed by atoms with Crippen LogP contribution in [0.25, 0.3) is 0 Å². The van der Waals surface area contributed by atoms with Crippen LogP contribution in [-0.2, 0) is 6.54 Å². The molecule has 5 heteroatoms. The molecule has 0 aromatic carbocycles. The molecule has 0 aliphatic heterocycles. The van der Waals surface area contributed by atoms with Crippen LogP contribution in [0, 0.1) is 0 Å². The van der Waals surface area contributed by atoms with Crippen LogP contribution >= 0.6 is 11.3 Å². The molecule has 0 aliphatic carbocycles. The van der Waals surface area contributed by atoms with Crippen LogP contribution in [0.3, 0.4) is 0 Å². The Kier molecular flexibility index (Phi) is 3.36. The van der Waals surface area contributed by atoms with Crippen molar-refractivity contribution in [3.05, 3.63) is 45.1 Å². The second-order valence-electron chi connectivity index (χ2n) is 3.38. The van der Waals surface area contributed by atoms with Crippen LogP contribution in [0.4, 0.5) is 5.82 Å². The fraction of sp³-hybridized carbons (Fsp3) is 0.273. The summed E-state index contributed by atoms with van der Waals surface area (Å²) in [6.45, 7) is 3.47. The summed E-state index contributed by atoms with van der Waals surface area (Å²) in [5, 5.41) is 4.92. The number of aromatic nitrogens is 2. The van der Waals surface area contributed by atoms with Gasteiger partial charge in [-0.1, -0.05) is 17.4 Å². The van der Waals surface area contributed by atoms with E-state index in [1.165, 1.54) is 11.3 Å². The summed E-state index contributed by atoms with van der Waals surface area (Å²) in [6, 6.07) is 3.91. The third kappa shape index (κ3) is 2.49. The average Bonchev–Trinajstić information content (AvgIpc) is 2.68. The van der Waals surface area contributed by atoms with E-state index >= 15 is 0 Å². The molecule has 0 fully saturated rings. The van der Waals surface area contributed by atoms with Gasteiger partial charge in [0.15, 0.2) is 0 Å². The van der Waals surface area contributed by atoms with Crippen molar-refractivity contribution in [2.24, 2.45) is 0 Å². The van der Waals surface area contributed by atoms with Crippen molar-refractivity contribution in [3.8, 4) is 0 Å². The van der Waals surface area contributed by atoms with Gasteiger partial charge in [-0.25, -0.2) is 4.98 Å². The van der Waals surface area contributed by atoms with Crippen molar-refractivity contribution >= 4 is 17.2 Å². The van der Waals surface area contributed by atoms with Crippen molar-refractivity contribution in [2.75, 3.05) is 11.9 Å². The molecule has 4 nitrogen and oxygen atoms in total. The highest BCUT2D eigenvalue weighted by Crippen LogP contribution is 2.06. The van der Waals surface area contributed by atoms with Crippen molar-refractivity contribution in [3.63, 3.8) is 0 Å². The third-order valence-electron chi connectivity index (χ3n) is 2.18. The monoisotopic (exact) mass is 235 g/mol. The van der Waals surface area contributed by atoms with Crippen LogP contribution < -0.4 is 10.2 Å². The van der Waals surface area contributed by atoms with E-state index in [1.807, 2.05) is 19.1 Å². The second-order valence-corrected chi connectivity index (χ2v) is 4.24. The maximum absolute atomic E-state index is 11.3. The van der Waals surface area contributed by atoms with Gasteiger partial charge < -0.3 is 9.88 Å². The van der Waals surface area contributed by atoms with E-state index in [9.17, 15) is 4.79 Å². The Labute approximate surface area is 97.6 Å². The number of nitrogens with one attached hydrogen (secondary N) is 1. The summed E-state index contributed by atoms with van der Waals surface area (Å²) in [4.78, 5) is 15.7. The zero-order valence-electron chi connectivity index (χ0n) is 9.01. The minimum Gasteiger partial charge on any atom is -0.370 e. The average molecular weight is 235 g/mol. The smallest absolute Gasteiger partial charge is 0.307 e. The fourth-order valence-corrected chi connectivity index (χ4v) is 1.99. The van der Waals surface area contributed by atoms with Crippen LogP contribution in [0.2, 0.25) is 0 Å². The van der Waals surface area contributed by atoms with Gasteiger partial charge in [0.25, 0.3) is 0 Å². The molecule has 2 rings (SSSR count). The molecule has 2 heterocycles. The quantitative estimate of drug-likeness (QED) is 0.878. The fourth-order valence-electron chi connectivity index (χ4n) is 1.41. The van der Waals surface area contributed by atoms with Crippen LogP contribution in [0.15, 0.2) is 34.7 Å². The summed E-state index contributed by atoms with van der Waals surface area (Å²) >= 11 is 1.21. The van der Waals surface area contributed by atoms with Gasteiger partial charge in [-0.2, -0.15) is 0 Å². The lowest BCUT2D eigenvalue weighted by molar-refractivity contribution is 0.780. The van der Waals surface area contributed by atoms with Crippen LogP contribution in [-0.4, -0.2) is 16.1 Å². The molecule has 0 saturated carbocycles. The highest BCUT2D eigenvalue weighted by Gasteiger charge is 1.99. The van der Waals surface area contributed by atoms with E-state index in [4.69, 9.17) is 0 Å². The first-order valence-corrected chi connectivity index (χ1v) is 6.00. The number of rotatable bonds is 4. The van der Waals surface area contributed by atoms with E-state index in [0.29, 0.717) is 6.54 Å². The molecule has 2 aromatic heterocycles. The maximum atomic E-state index is 11.3. The molecule has 2 aromatic rings. The highest BCUT2D eigenvalue weighted by atomic mass is 32.1. The molecule has 0 spiro atoms. The van der Waals surface area contributed by atoms with Crippen LogP contribution in [0.1, 0.15) is 12.5 Å². The third-order valence-corrected chi connectivity index (χ3v) is 2.87. The highest BCUT2D eigenvalue weighted by molar-refractivity contribution is 7.07. The number of thiazole rings is 1. The van der Waals surface area contributed by atoms with Gasteiger partial charge in [-0.15, -0.1) is 0 Å². The van der Waals surface area contributed by atoms with Crippen LogP contribution in [0.5, 0.6) is 0 Å². The molecule has 0 saturated heterocycles. The van der Waals surface area contributed by atoms with E-state index in [2.05, 4.69) is 10.3 Å². The van der Waals surface area contributed by atoms with Gasteiger partial charge in [0, 0.05) is 24.3 Å². The predicted molar refractivity (Wildman–Crippen MR) is 66.1 cm³/mol. The molecule has 0 amide bonds. The summed E-state index contributed by atoms with van der Waals surface area (Å²) in [7, 11) is 0. The maximum Gasteiger partial charge on any atom is 0.307 e. The topological polar surface area (TPSA) is 46.9 Å². The molecule has 0 unspecified atom stereocenters. The van der Waals surface area contributed by atoms with Crippen molar-refractivity contribution < 1.29 is 0 Å².